The molecule has 1 atom stereocenters. The third kappa shape index (κ3) is 6.67. The molecule has 1 saturated heterocycles. The molecule has 5 rings (SSSR count). The zero-order chi connectivity index (χ0) is 29.9. The fourth-order valence-corrected chi connectivity index (χ4v) is 4.37. The number of aromatic nitrogens is 6. The second kappa shape index (κ2) is 12.1. The molecule has 1 unspecified atom stereocenters. The van der Waals surface area contributed by atoms with Gasteiger partial charge in [0.25, 0.3) is 11.4 Å². The molecular formula is C27H29F3N8O4. The van der Waals surface area contributed by atoms with E-state index >= 15 is 0 Å². The van der Waals surface area contributed by atoms with Crippen LogP contribution in [0.3, 0.4) is 0 Å². The molecule has 0 radical (unpaired) electrons. The highest BCUT2D eigenvalue weighted by molar-refractivity contribution is 5.50. The van der Waals surface area contributed by atoms with Crippen molar-refractivity contribution in [1.29, 1.82) is 0 Å². The zero-order valence-corrected chi connectivity index (χ0v) is 23.1. The maximum atomic E-state index is 13.9. The Balaban J connectivity index is 1.15. The first-order valence-corrected chi connectivity index (χ1v) is 13.1. The summed E-state index contributed by atoms with van der Waals surface area (Å²) in [5.41, 5.74) is -1.43. The molecule has 42 heavy (non-hydrogen) atoms. The highest BCUT2D eigenvalue weighted by atomic mass is 19.4. The zero-order valence-electron chi connectivity index (χ0n) is 23.1. The molecule has 222 valence electrons. The van der Waals surface area contributed by atoms with Crippen LogP contribution < -0.4 is 20.5 Å². The van der Waals surface area contributed by atoms with Gasteiger partial charge in [-0.2, -0.15) is 23.3 Å². The number of methoxy groups -OCH3 is 1. The average molecular weight is 587 g/mol. The van der Waals surface area contributed by atoms with E-state index in [4.69, 9.17) is 14.0 Å². The van der Waals surface area contributed by atoms with Gasteiger partial charge in [0.15, 0.2) is 5.82 Å². The first kappa shape index (κ1) is 29.0. The summed E-state index contributed by atoms with van der Waals surface area (Å²) in [5.74, 6) is 2.08. The molecule has 0 amide bonds. The number of halogens is 3. The lowest BCUT2D eigenvalue weighted by molar-refractivity contribution is -0.138. The number of aryl methyl sites for hydroxylation is 1. The molecule has 1 aliphatic rings. The second-order valence-electron chi connectivity index (χ2n) is 10.0. The fraction of sp³-hybridized carbons (Fsp3) is 0.407. The predicted molar refractivity (Wildman–Crippen MR) is 144 cm³/mol. The number of hydrogen-bond acceptors (Lipinski definition) is 11. The van der Waals surface area contributed by atoms with Crippen LogP contribution in [0.2, 0.25) is 0 Å². The van der Waals surface area contributed by atoms with Crippen molar-refractivity contribution in [3.8, 4) is 5.75 Å². The molecule has 4 heterocycles. The van der Waals surface area contributed by atoms with Crippen LogP contribution >= 0.6 is 0 Å². The molecule has 0 spiro atoms. The lowest BCUT2D eigenvalue weighted by atomic mass is 10.0. The molecule has 1 aliphatic heterocycles. The van der Waals surface area contributed by atoms with Gasteiger partial charge < -0.3 is 24.2 Å². The number of ether oxygens (including phenoxy) is 2. The highest BCUT2D eigenvalue weighted by Gasteiger charge is 2.38. The molecule has 0 aliphatic carbocycles. The molecular weight excluding hydrogens is 557 g/mol. The van der Waals surface area contributed by atoms with Crippen molar-refractivity contribution >= 4 is 11.6 Å². The van der Waals surface area contributed by atoms with Gasteiger partial charge in [-0.15, -0.1) is 0 Å². The maximum absolute atomic E-state index is 13.9. The van der Waals surface area contributed by atoms with Crippen molar-refractivity contribution in [1.82, 2.24) is 29.9 Å². The summed E-state index contributed by atoms with van der Waals surface area (Å²) in [5, 5.41) is 10.7. The number of rotatable bonds is 11. The molecule has 0 saturated carbocycles. The van der Waals surface area contributed by atoms with Crippen molar-refractivity contribution in [3.05, 3.63) is 81.6 Å². The Labute approximate surface area is 238 Å². The summed E-state index contributed by atoms with van der Waals surface area (Å²) in [6, 6.07) is 6.02. The molecule has 0 bridgehead atoms. The Morgan fingerprint density at radius 1 is 1.14 bits per heavy atom. The molecule has 4 aromatic rings. The first-order chi connectivity index (χ1) is 20.1. The quantitative estimate of drug-likeness (QED) is 0.277. The Bertz CT molecular complexity index is 1550. The van der Waals surface area contributed by atoms with E-state index in [0.29, 0.717) is 36.2 Å². The second-order valence-corrected chi connectivity index (χ2v) is 10.0. The Morgan fingerprint density at radius 3 is 2.52 bits per heavy atom. The minimum atomic E-state index is -4.90. The smallest absolute Gasteiger partial charge is 0.423 e. The summed E-state index contributed by atoms with van der Waals surface area (Å²) >= 11 is 0. The molecule has 12 nitrogen and oxygen atoms in total. The molecule has 1 fully saturated rings. The van der Waals surface area contributed by atoms with Gasteiger partial charge >= 0.3 is 6.18 Å². The van der Waals surface area contributed by atoms with Crippen LogP contribution in [0.15, 0.2) is 52.2 Å². The Kier molecular flexibility index (Phi) is 8.38. The predicted octanol–water partition coefficient (Wildman–Crippen LogP) is 3.42. The average Bonchev–Trinajstić information content (AvgIpc) is 3.38. The van der Waals surface area contributed by atoms with Gasteiger partial charge in [-0.1, -0.05) is 17.3 Å². The van der Waals surface area contributed by atoms with E-state index in [0.717, 1.165) is 16.4 Å². The minimum absolute atomic E-state index is 0.00587. The van der Waals surface area contributed by atoms with Gasteiger partial charge in [-0.05, 0) is 37.1 Å². The third-order valence-corrected chi connectivity index (χ3v) is 6.59. The van der Waals surface area contributed by atoms with Gasteiger partial charge in [0.2, 0.25) is 5.95 Å². The van der Waals surface area contributed by atoms with E-state index in [1.165, 1.54) is 7.11 Å². The van der Waals surface area contributed by atoms with Crippen molar-refractivity contribution < 1.29 is 27.2 Å². The molecule has 1 N–H and O–H groups in total. The summed E-state index contributed by atoms with van der Waals surface area (Å²) in [6.45, 7) is 4.70. The van der Waals surface area contributed by atoms with E-state index in [1.54, 1.807) is 43.6 Å². The molecule has 3 aromatic heterocycles. The van der Waals surface area contributed by atoms with E-state index in [-0.39, 0.29) is 31.6 Å². The van der Waals surface area contributed by atoms with Crippen molar-refractivity contribution in [3.63, 3.8) is 0 Å². The van der Waals surface area contributed by atoms with Gasteiger partial charge in [0.1, 0.15) is 17.9 Å². The Hall–Kier alpha value is -4.53. The van der Waals surface area contributed by atoms with Crippen LogP contribution in [0.4, 0.5) is 24.8 Å². The number of alkyl halides is 3. The van der Waals surface area contributed by atoms with Crippen LogP contribution in [0.25, 0.3) is 0 Å². The van der Waals surface area contributed by atoms with Gasteiger partial charge in [-0.25, -0.2) is 14.6 Å². The number of nitrogens with one attached hydrogen (secondary N) is 1. The highest BCUT2D eigenvalue weighted by Crippen LogP contribution is 2.32. The molecule has 15 heteroatoms. The van der Waals surface area contributed by atoms with E-state index in [1.807, 2.05) is 11.8 Å². The van der Waals surface area contributed by atoms with Crippen LogP contribution in [-0.4, -0.2) is 62.7 Å². The van der Waals surface area contributed by atoms with E-state index in [2.05, 4.69) is 30.5 Å². The van der Waals surface area contributed by atoms with Gasteiger partial charge in [0.05, 0.1) is 38.1 Å². The van der Waals surface area contributed by atoms with Gasteiger partial charge in [-0.3, -0.25) is 4.79 Å². The summed E-state index contributed by atoms with van der Waals surface area (Å²) in [7, 11) is 1.50. The monoisotopic (exact) mass is 586 g/mol. The number of nitrogens with zero attached hydrogens (tertiary/aromatic N) is 7. The number of hydrogen-bond donors (Lipinski definition) is 1. The number of benzene rings is 1. The standard InChI is InChI=1S/C27H29F3N8O4/c1-16-8-31-26(32-9-16)37-12-19(13-37)24-35-22(42-36-24)15-41-14-17(2)34-21-10-33-38(25(39)23(21)27(28,29)30)11-18-4-6-20(40-3)7-5-18/h4-10,17,19,34H,11-15H2,1-3H3. The first-order valence-electron chi connectivity index (χ1n) is 13.1. The van der Waals surface area contributed by atoms with Crippen LogP contribution in [0.1, 0.15) is 41.2 Å². The molecule has 1 aromatic carbocycles. The van der Waals surface area contributed by atoms with Crippen molar-refractivity contribution in [2.75, 3.05) is 37.0 Å². The lowest BCUT2D eigenvalue weighted by Gasteiger charge is -2.37. The lowest BCUT2D eigenvalue weighted by Crippen LogP contribution is -2.46. The summed E-state index contributed by atoms with van der Waals surface area (Å²) < 4.78 is 58.5. The van der Waals surface area contributed by atoms with Crippen LogP contribution in [0, 0.1) is 6.92 Å². The van der Waals surface area contributed by atoms with Crippen LogP contribution in [-0.2, 0) is 24.1 Å². The van der Waals surface area contributed by atoms with Crippen molar-refractivity contribution in [2.24, 2.45) is 0 Å². The van der Waals surface area contributed by atoms with Crippen LogP contribution in [0.5, 0.6) is 5.75 Å². The van der Waals surface area contributed by atoms with Gasteiger partial charge in [0, 0.05) is 31.5 Å². The maximum Gasteiger partial charge on any atom is 0.423 e. The van der Waals surface area contributed by atoms with E-state index in [9.17, 15) is 18.0 Å². The van der Waals surface area contributed by atoms with E-state index < -0.39 is 29.0 Å². The SMILES string of the molecule is COc1ccc(Cn2ncc(NC(C)COCc3nc(C4CN(c5ncc(C)cn5)C4)no3)c(C(F)(F)F)c2=O)cc1. The fourth-order valence-electron chi connectivity index (χ4n) is 4.37. The summed E-state index contributed by atoms with van der Waals surface area (Å²) in [6.07, 6.45) is -0.383. The summed E-state index contributed by atoms with van der Waals surface area (Å²) in [4.78, 5) is 27.8. The normalized spacial score (nSPS) is 14.5. The topological polar surface area (TPSA) is 133 Å². The minimum Gasteiger partial charge on any atom is -0.497 e. The number of anilines is 2. The third-order valence-electron chi connectivity index (χ3n) is 6.59. The largest absolute Gasteiger partial charge is 0.497 e. The van der Waals surface area contributed by atoms with Crippen molar-refractivity contribution in [2.45, 2.75) is 45.1 Å². The Morgan fingerprint density at radius 2 is 1.86 bits per heavy atom.